The Morgan fingerprint density at radius 1 is 1.53 bits per heavy atom. The standard InChI is InChI=1S/C12H21NO2/c1-3-4-9-12(15)13(2)10-7-5-6-8-11(10)14/h3,10-11,14H,1,4-9H2,2H3. The van der Waals surface area contributed by atoms with Gasteiger partial charge in [-0.15, -0.1) is 6.58 Å². The first-order valence-corrected chi connectivity index (χ1v) is 5.71. The number of likely N-dealkylation sites (N-methyl/N-ethyl adjacent to an activating group) is 1. The number of carbonyl (C=O) groups is 1. The third-order valence-corrected chi connectivity index (χ3v) is 3.15. The lowest BCUT2D eigenvalue weighted by molar-refractivity contribution is -0.135. The van der Waals surface area contributed by atoms with E-state index in [9.17, 15) is 9.90 Å². The molecule has 86 valence electrons. The number of hydrogen-bond acceptors (Lipinski definition) is 2. The zero-order valence-electron chi connectivity index (χ0n) is 9.48. The van der Waals surface area contributed by atoms with Gasteiger partial charge in [0.25, 0.3) is 0 Å². The van der Waals surface area contributed by atoms with E-state index in [-0.39, 0.29) is 18.1 Å². The molecule has 0 bridgehead atoms. The summed E-state index contributed by atoms with van der Waals surface area (Å²) < 4.78 is 0. The van der Waals surface area contributed by atoms with E-state index < -0.39 is 0 Å². The zero-order valence-corrected chi connectivity index (χ0v) is 9.48. The van der Waals surface area contributed by atoms with Gasteiger partial charge in [0.05, 0.1) is 12.1 Å². The van der Waals surface area contributed by atoms with Gasteiger partial charge in [0, 0.05) is 13.5 Å². The molecule has 0 aromatic heterocycles. The molecule has 0 aromatic rings. The summed E-state index contributed by atoms with van der Waals surface area (Å²) in [7, 11) is 1.80. The minimum atomic E-state index is -0.337. The molecular formula is C12H21NO2. The Bertz CT molecular complexity index is 228. The number of carbonyl (C=O) groups excluding carboxylic acids is 1. The Morgan fingerprint density at radius 2 is 2.20 bits per heavy atom. The van der Waals surface area contributed by atoms with E-state index in [2.05, 4.69) is 6.58 Å². The molecular weight excluding hydrogens is 190 g/mol. The van der Waals surface area contributed by atoms with Crippen LogP contribution in [0.1, 0.15) is 38.5 Å². The highest BCUT2D eigenvalue weighted by molar-refractivity contribution is 5.76. The summed E-state index contributed by atoms with van der Waals surface area (Å²) >= 11 is 0. The average Bonchev–Trinajstić information content (AvgIpc) is 2.25. The van der Waals surface area contributed by atoms with Gasteiger partial charge in [-0.3, -0.25) is 4.79 Å². The van der Waals surface area contributed by atoms with Gasteiger partial charge >= 0.3 is 0 Å². The van der Waals surface area contributed by atoms with Gasteiger partial charge in [-0.05, 0) is 19.3 Å². The van der Waals surface area contributed by atoms with Crippen LogP contribution in [0.4, 0.5) is 0 Å². The fourth-order valence-corrected chi connectivity index (χ4v) is 2.13. The van der Waals surface area contributed by atoms with Gasteiger partial charge in [0.15, 0.2) is 0 Å². The first-order valence-electron chi connectivity index (χ1n) is 5.71. The molecule has 2 atom stereocenters. The summed E-state index contributed by atoms with van der Waals surface area (Å²) in [5.74, 6) is 0.112. The maximum atomic E-state index is 11.7. The minimum Gasteiger partial charge on any atom is -0.391 e. The molecule has 1 N–H and O–H groups in total. The van der Waals surface area contributed by atoms with Crippen LogP contribution in [0, 0.1) is 0 Å². The fraction of sp³-hybridized carbons (Fsp3) is 0.750. The predicted molar refractivity (Wildman–Crippen MR) is 60.5 cm³/mol. The van der Waals surface area contributed by atoms with Crippen LogP contribution in [0.5, 0.6) is 0 Å². The van der Waals surface area contributed by atoms with E-state index >= 15 is 0 Å². The SMILES string of the molecule is C=CCCC(=O)N(C)C1CCCCC1O. The summed E-state index contributed by atoms with van der Waals surface area (Å²) in [4.78, 5) is 13.4. The van der Waals surface area contributed by atoms with Gasteiger partial charge in [0.2, 0.25) is 5.91 Å². The Balaban J connectivity index is 2.46. The van der Waals surface area contributed by atoms with Crippen molar-refractivity contribution in [1.82, 2.24) is 4.90 Å². The second-order valence-corrected chi connectivity index (χ2v) is 4.25. The maximum absolute atomic E-state index is 11.7. The molecule has 3 heteroatoms. The lowest BCUT2D eigenvalue weighted by atomic mass is 9.91. The number of aliphatic hydroxyl groups is 1. The third kappa shape index (κ3) is 3.34. The van der Waals surface area contributed by atoms with E-state index in [1.165, 1.54) is 0 Å². The molecule has 0 saturated heterocycles. The zero-order chi connectivity index (χ0) is 11.3. The molecule has 1 aliphatic carbocycles. The topological polar surface area (TPSA) is 40.5 Å². The van der Waals surface area contributed by atoms with Crippen LogP contribution in [-0.4, -0.2) is 35.1 Å². The number of hydrogen-bond donors (Lipinski definition) is 1. The van der Waals surface area contributed by atoms with Crippen LogP contribution in [0.15, 0.2) is 12.7 Å². The van der Waals surface area contributed by atoms with Gasteiger partial charge in [0.1, 0.15) is 0 Å². The number of aliphatic hydroxyl groups excluding tert-OH is 1. The lowest BCUT2D eigenvalue weighted by Crippen LogP contribution is -2.46. The monoisotopic (exact) mass is 211 g/mol. The summed E-state index contributed by atoms with van der Waals surface area (Å²) in [5, 5.41) is 9.80. The summed E-state index contributed by atoms with van der Waals surface area (Å²) in [5.41, 5.74) is 0. The molecule has 1 rings (SSSR count). The Hall–Kier alpha value is -0.830. The molecule has 0 radical (unpaired) electrons. The van der Waals surface area contributed by atoms with Crippen LogP contribution < -0.4 is 0 Å². The Morgan fingerprint density at radius 3 is 2.80 bits per heavy atom. The lowest BCUT2D eigenvalue weighted by Gasteiger charge is -2.35. The highest BCUT2D eigenvalue weighted by Gasteiger charge is 2.28. The third-order valence-electron chi connectivity index (χ3n) is 3.15. The molecule has 0 heterocycles. The summed E-state index contributed by atoms with van der Waals surface area (Å²) in [6, 6.07) is 0.0241. The summed E-state index contributed by atoms with van der Waals surface area (Å²) in [6.07, 6.45) is 6.57. The van der Waals surface area contributed by atoms with Crippen LogP contribution in [-0.2, 0) is 4.79 Å². The highest BCUT2D eigenvalue weighted by atomic mass is 16.3. The van der Waals surface area contributed by atoms with Crippen molar-refractivity contribution in [3.63, 3.8) is 0 Å². The second-order valence-electron chi connectivity index (χ2n) is 4.25. The van der Waals surface area contributed by atoms with Gasteiger partial charge in [-0.2, -0.15) is 0 Å². The molecule has 0 aromatic carbocycles. The smallest absolute Gasteiger partial charge is 0.222 e. The van der Waals surface area contributed by atoms with Crippen molar-refractivity contribution in [2.75, 3.05) is 7.05 Å². The molecule has 1 aliphatic rings. The molecule has 1 fully saturated rings. The largest absolute Gasteiger partial charge is 0.391 e. The van der Waals surface area contributed by atoms with Crippen molar-refractivity contribution in [2.24, 2.45) is 0 Å². The van der Waals surface area contributed by atoms with E-state index in [0.717, 1.165) is 25.7 Å². The van der Waals surface area contributed by atoms with Gasteiger partial charge in [-0.25, -0.2) is 0 Å². The van der Waals surface area contributed by atoms with E-state index in [1.807, 2.05) is 0 Å². The predicted octanol–water partition coefficient (Wildman–Crippen LogP) is 1.71. The molecule has 0 spiro atoms. The maximum Gasteiger partial charge on any atom is 0.222 e. The number of amides is 1. The van der Waals surface area contributed by atoms with E-state index in [4.69, 9.17) is 0 Å². The molecule has 0 aliphatic heterocycles. The van der Waals surface area contributed by atoms with Crippen LogP contribution in [0.3, 0.4) is 0 Å². The van der Waals surface area contributed by atoms with Crippen LogP contribution in [0.25, 0.3) is 0 Å². The molecule has 1 amide bonds. The van der Waals surface area contributed by atoms with Crippen LogP contribution >= 0.6 is 0 Å². The molecule has 15 heavy (non-hydrogen) atoms. The average molecular weight is 211 g/mol. The van der Waals surface area contributed by atoms with Crippen molar-refractivity contribution in [2.45, 2.75) is 50.7 Å². The van der Waals surface area contributed by atoms with Gasteiger partial charge < -0.3 is 10.0 Å². The Labute approximate surface area is 91.8 Å². The van der Waals surface area contributed by atoms with Crippen molar-refractivity contribution in [1.29, 1.82) is 0 Å². The summed E-state index contributed by atoms with van der Waals surface area (Å²) in [6.45, 7) is 3.60. The van der Waals surface area contributed by atoms with Crippen LogP contribution in [0.2, 0.25) is 0 Å². The van der Waals surface area contributed by atoms with Gasteiger partial charge in [-0.1, -0.05) is 18.9 Å². The number of nitrogens with zero attached hydrogens (tertiary/aromatic N) is 1. The number of rotatable bonds is 4. The van der Waals surface area contributed by atoms with Crippen molar-refractivity contribution in [3.8, 4) is 0 Å². The quantitative estimate of drug-likeness (QED) is 0.719. The van der Waals surface area contributed by atoms with E-state index in [1.54, 1.807) is 18.0 Å². The highest BCUT2D eigenvalue weighted by Crippen LogP contribution is 2.22. The van der Waals surface area contributed by atoms with Crippen molar-refractivity contribution >= 4 is 5.91 Å². The Kier molecular flexibility index (Phi) is 4.82. The first-order chi connectivity index (χ1) is 7.16. The second kappa shape index (κ2) is 5.91. The van der Waals surface area contributed by atoms with E-state index in [0.29, 0.717) is 12.8 Å². The van der Waals surface area contributed by atoms with Crippen molar-refractivity contribution in [3.05, 3.63) is 12.7 Å². The molecule has 2 unspecified atom stereocenters. The minimum absolute atomic E-state index is 0.0241. The molecule has 3 nitrogen and oxygen atoms in total. The fourth-order valence-electron chi connectivity index (χ4n) is 2.13. The number of allylic oxidation sites excluding steroid dienone is 1. The van der Waals surface area contributed by atoms with Crippen molar-refractivity contribution < 1.29 is 9.90 Å². The first kappa shape index (κ1) is 12.2. The normalized spacial score (nSPS) is 26.0. The molecule has 1 saturated carbocycles.